The predicted molar refractivity (Wildman–Crippen MR) is 97.7 cm³/mol. The standard InChI is InChI=1S/C19H26N4O/c1-21-11-6-15-4-5-16(14-18(15)21)20-19(24)23-12-7-17(8-13-23)22-9-2-3-10-22/h2-5,14,17H,6-13H2,1H3,(H,20,24). The lowest BCUT2D eigenvalue weighted by molar-refractivity contribution is 0.144. The predicted octanol–water partition coefficient (Wildman–Crippen LogP) is 2.55. The summed E-state index contributed by atoms with van der Waals surface area (Å²) in [5.41, 5.74) is 3.52. The molecule has 4 rings (SSSR count). The van der Waals surface area contributed by atoms with Gasteiger partial charge < -0.3 is 15.1 Å². The Balaban J connectivity index is 1.33. The molecular formula is C19H26N4O. The molecule has 1 fully saturated rings. The van der Waals surface area contributed by atoms with E-state index in [4.69, 9.17) is 0 Å². The molecule has 0 spiro atoms. The van der Waals surface area contributed by atoms with Crippen molar-refractivity contribution in [2.24, 2.45) is 0 Å². The minimum Gasteiger partial charge on any atom is -0.374 e. The Labute approximate surface area is 143 Å². The van der Waals surface area contributed by atoms with Gasteiger partial charge in [0.25, 0.3) is 0 Å². The van der Waals surface area contributed by atoms with Gasteiger partial charge in [0, 0.05) is 57.2 Å². The van der Waals surface area contributed by atoms with Crippen molar-refractivity contribution < 1.29 is 4.79 Å². The lowest BCUT2D eigenvalue weighted by Crippen LogP contribution is -2.47. The van der Waals surface area contributed by atoms with Crippen molar-refractivity contribution >= 4 is 17.4 Å². The molecule has 1 aromatic carbocycles. The smallest absolute Gasteiger partial charge is 0.321 e. The second kappa shape index (κ2) is 6.48. The van der Waals surface area contributed by atoms with Crippen LogP contribution in [-0.2, 0) is 6.42 Å². The number of likely N-dealkylation sites (tertiary alicyclic amines) is 1. The molecule has 0 aromatic heterocycles. The summed E-state index contributed by atoms with van der Waals surface area (Å²) in [5.74, 6) is 0. The third-order valence-electron chi connectivity index (χ3n) is 5.58. The van der Waals surface area contributed by atoms with Gasteiger partial charge in [-0.2, -0.15) is 0 Å². The average molecular weight is 326 g/mol. The molecule has 0 atom stereocenters. The van der Waals surface area contributed by atoms with Crippen LogP contribution in [0.3, 0.4) is 0 Å². The molecule has 0 radical (unpaired) electrons. The molecular weight excluding hydrogens is 300 g/mol. The highest BCUT2D eigenvalue weighted by Gasteiger charge is 2.27. The molecule has 1 aromatic rings. The summed E-state index contributed by atoms with van der Waals surface area (Å²) in [6, 6.07) is 6.92. The number of hydrogen-bond acceptors (Lipinski definition) is 3. The Morgan fingerprint density at radius 2 is 1.88 bits per heavy atom. The maximum atomic E-state index is 12.6. The van der Waals surface area contributed by atoms with E-state index in [1.165, 1.54) is 11.3 Å². The van der Waals surface area contributed by atoms with E-state index in [0.717, 1.165) is 57.7 Å². The number of hydrogen-bond donors (Lipinski definition) is 1. The second-order valence-corrected chi connectivity index (χ2v) is 7.09. The Morgan fingerprint density at radius 1 is 1.12 bits per heavy atom. The van der Waals surface area contributed by atoms with Crippen molar-refractivity contribution in [3.8, 4) is 0 Å². The molecule has 2 amide bonds. The van der Waals surface area contributed by atoms with Crippen LogP contribution in [0.2, 0.25) is 0 Å². The highest BCUT2D eigenvalue weighted by Crippen LogP contribution is 2.29. The van der Waals surface area contributed by atoms with Gasteiger partial charge in [0.2, 0.25) is 0 Å². The molecule has 1 saturated heterocycles. The topological polar surface area (TPSA) is 38.8 Å². The summed E-state index contributed by atoms with van der Waals surface area (Å²) in [7, 11) is 2.11. The summed E-state index contributed by atoms with van der Waals surface area (Å²) in [4.78, 5) is 19.3. The number of carbonyl (C=O) groups excluding carboxylic acids is 1. The van der Waals surface area contributed by atoms with Gasteiger partial charge in [-0.05, 0) is 37.0 Å². The van der Waals surface area contributed by atoms with Crippen molar-refractivity contribution in [2.75, 3.05) is 50.0 Å². The molecule has 1 N–H and O–H groups in total. The van der Waals surface area contributed by atoms with Gasteiger partial charge in [-0.1, -0.05) is 18.2 Å². The number of piperidine rings is 1. The maximum Gasteiger partial charge on any atom is 0.321 e. The van der Waals surface area contributed by atoms with Crippen LogP contribution in [0.1, 0.15) is 18.4 Å². The van der Waals surface area contributed by atoms with Gasteiger partial charge in [0.05, 0.1) is 0 Å². The molecule has 128 valence electrons. The van der Waals surface area contributed by atoms with E-state index in [1.807, 2.05) is 11.0 Å². The largest absolute Gasteiger partial charge is 0.374 e. The van der Waals surface area contributed by atoms with Gasteiger partial charge in [-0.15, -0.1) is 0 Å². The Bertz CT molecular complexity index is 641. The fourth-order valence-electron chi connectivity index (χ4n) is 4.05. The van der Waals surface area contributed by atoms with Gasteiger partial charge in [-0.25, -0.2) is 4.79 Å². The number of fused-ring (bicyclic) bond motifs is 1. The zero-order chi connectivity index (χ0) is 16.5. The number of anilines is 2. The molecule has 0 unspecified atom stereocenters. The number of nitrogens with zero attached hydrogens (tertiary/aromatic N) is 3. The number of urea groups is 1. The Kier molecular flexibility index (Phi) is 4.19. The van der Waals surface area contributed by atoms with Crippen molar-refractivity contribution in [1.29, 1.82) is 0 Å². The number of benzene rings is 1. The van der Waals surface area contributed by atoms with Gasteiger partial charge in [-0.3, -0.25) is 4.90 Å². The zero-order valence-electron chi connectivity index (χ0n) is 14.4. The van der Waals surface area contributed by atoms with Crippen LogP contribution in [0.15, 0.2) is 30.4 Å². The molecule has 24 heavy (non-hydrogen) atoms. The summed E-state index contributed by atoms with van der Waals surface area (Å²) in [6.07, 6.45) is 7.72. The molecule has 5 heteroatoms. The van der Waals surface area contributed by atoms with Crippen LogP contribution in [0, 0.1) is 0 Å². The fourth-order valence-corrected chi connectivity index (χ4v) is 4.05. The number of amides is 2. The van der Waals surface area contributed by atoms with Crippen molar-refractivity contribution in [3.63, 3.8) is 0 Å². The maximum absolute atomic E-state index is 12.6. The first kappa shape index (κ1) is 15.5. The molecule has 3 heterocycles. The first-order valence-corrected chi connectivity index (χ1v) is 9.00. The van der Waals surface area contributed by atoms with E-state index in [9.17, 15) is 4.79 Å². The van der Waals surface area contributed by atoms with Crippen LogP contribution >= 0.6 is 0 Å². The number of likely N-dealkylation sites (N-methyl/N-ethyl adjacent to an activating group) is 1. The van der Waals surface area contributed by atoms with Crippen LogP contribution in [0.25, 0.3) is 0 Å². The molecule has 3 aliphatic heterocycles. The Morgan fingerprint density at radius 3 is 2.62 bits per heavy atom. The lowest BCUT2D eigenvalue weighted by Gasteiger charge is -2.36. The minimum atomic E-state index is 0.0357. The summed E-state index contributed by atoms with van der Waals surface area (Å²) in [6.45, 7) is 4.89. The Hall–Kier alpha value is -2.01. The first-order chi connectivity index (χ1) is 11.7. The molecule has 5 nitrogen and oxygen atoms in total. The van der Waals surface area contributed by atoms with Crippen LogP contribution in [-0.4, -0.2) is 61.6 Å². The second-order valence-electron chi connectivity index (χ2n) is 7.09. The zero-order valence-corrected chi connectivity index (χ0v) is 14.4. The fraction of sp³-hybridized carbons (Fsp3) is 0.526. The number of nitrogens with one attached hydrogen (secondary N) is 1. The summed E-state index contributed by atoms with van der Waals surface area (Å²) < 4.78 is 0. The van der Waals surface area contributed by atoms with E-state index in [2.05, 4.69) is 46.4 Å². The number of carbonyl (C=O) groups is 1. The molecule has 0 saturated carbocycles. The van der Waals surface area contributed by atoms with E-state index in [0.29, 0.717) is 6.04 Å². The monoisotopic (exact) mass is 326 g/mol. The third-order valence-corrected chi connectivity index (χ3v) is 5.58. The van der Waals surface area contributed by atoms with Gasteiger partial charge in [0.15, 0.2) is 0 Å². The van der Waals surface area contributed by atoms with Crippen LogP contribution < -0.4 is 10.2 Å². The van der Waals surface area contributed by atoms with E-state index < -0.39 is 0 Å². The average Bonchev–Trinajstić information content (AvgIpc) is 3.26. The van der Waals surface area contributed by atoms with Crippen molar-refractivity contribution in [2.45, 2.75) is 25.3 Å². The lowest BCUT2D eigenvalue weighted by atomic mass is 10.0. The third kappa shape index (κ3) is 3.00. The normalized spacial score (nSPS) is 21.4. The van der Waals surface area contributed by atoms with Gasteiger partial charge in [0.1, 0.15) is 0 Å². The first-order valence-electron chi connectivity index (χ1n) is 9.00. The van der Waals surface area contributed by atoms with E-state index in [-0.39, 0.29) is 6.03 Å². The summed E-state index contributed by atoms with van der Waals surface area (Å²) >= 11 is 0. The molecule has 0 bridgehead atoms. The SMILES string of the molecule is CN1CCc2ccc(NC(=O)N3CCC(N4CC=CC4)CC3)cc21. The van der Waals surface area contributed by atoms with Crippen LogP contribution in [0.5, 0.6) is 0 Å². The van der Waals surface area contributed by atoms with Crippen molar-refractivity contribution in [1.82, 2.24) is 9.80 Å². The van der Waals surface area contributed by atoms with Crippen molar-refractivity contribution in [3.05, 3.63) is 35.9 Å². The van der Waals surface area contributed by atoms with Crippen LogP contribution in [0.4, 0.5) is 16.2 Å². The highest BCUT2D eigenvalue weighted by atomic mass is 16.2. The van der Waals surface area contributed by atoms with E-state index in [1.54, 1.807) is 0 Å². The summed E-state index contributed by atoms with van der Waals surface area (Å²) in [5, 5.41) is 3.08. The van der Waals surface area contributed by atoms with E-state index >= 15 is 0 Å². The molecule has 0 aliphatic carbocycles. The van der Waals surface area contributed by atoms with Gasteiger partial charge >= 0.3 is 6.03 Å². The molecule has 3 aliphatic rings. The highest BCUT2D eigenvalue weighted by molar-refractivity contribution is 5.90. The minimum absolute atomic E-state index is 0.0357. The quantitative estimate of drug-likeness (QED) is 0.849. The number of rotatable bonds is 2.